The highest BCUT2D eigenvalue weighted by atomic mass is 16.5. The molecule has 0 aromatic carbocycles. The van der Waals surface area contributed by atoms with Crippen molar-refractivity contribution in [3.63, 3.8) is 0 Å². The van der Waals surface area contributed by atoms with Gasteiger partial charge in [0.05, 0.1) is 25.0 Å². The Bertz CT molecular complexity index is 740. The predicted molar refractivity (Wildman–Crippen MR) is 91.4 cm³/mol. The lowest BCUT2D eigenvalue weighted by Gasteiger charge is -2.37. The zero-order valence-corrected chi connectivity index (χ0v) is 15.0. The van der Waals surface area contributed by atoms with Crippen LogP contribution in [0.1, 0.15) is 35.4 Å². The van der Waals surface area contributed by atoms with E-state index < -0.39 is 0 Å². The molecule has 4 rings (SSSR count). The fourth-order valence-corrected chi connectivity index (χ4v) is 4.13. The minimum absolute atomic E-state index is 0.00395. The first-order valence-corrected chi connectivity index (χ1v) is 9.07. The number of furan rings is 1. The van der Waals surface area contributed by atoms with Crippen LogP contribution in [0.4, 0.5) is 0 Å². The van der Waals surface area contributed by atoms with Crippen molar-refractivity contribution in [2.75, 3.05) is 39.9 Å². The Labute approximate surface area is 151 Å². The maximum absolute atomic E-state index is 12.8. The van der Waals surface area contributed by atoms with E-state index in [1.807, 2.05) is 9.58 Å². The molecule has 2 fully saturated rings. The van der Waals surface area contributed by atoms with E-state index in [-0.39, 0.29) is 11.4 Å². The molecule has 9 heteroatoms. The van der Waals surface area contributed by atoms with Crippen LogP contribution in [0.25, 0.3) is 0 Å². The van der Waals surface area contributed by atoms with Crippen molar-refractivity contribution in [3.05, 3.63) is 30.0 Å². The number of likely N-dealkylation sites (tertiary alicyclic amines) is 2. The lowest BCUT2D eigenvalue weighted by Crippen LogP contribution is -2.49. The van der Waals surface area contributed by atoms with Gasteiger partial charge in [-0.3, -0.25) is 9.69 Å². The van der Waals surface area contributed by atoms with Gasteiger partial charge in [-0.1, -0.05) is 0 Å². The summed E-state index contributed by atoms with van der Waals surface area (Å²) in [6.07, 6.45) is 6.18. The molecular weight excluding hydrogens is 336 g/mol. The summed E-state index contributed by atoms with van der Waals surface area (Å²) in [7, 11) is 1.67. The number of carbonyl (C=O) groups is 1. The van der Waals surface area contributed by atoms with Gasteiger partial charge in [0.2, 0.25) is 0 Å². The molecule has 140 valence electrons. The Morgan fingerprint density at radius 1 is 1.35 bits per heavy atom. The van der Waals surface area contributed by atoms with Gasteiger partial charge in [0.1, 0.15) is 11.8 Å². The van der Waals surface area contributed by atoms with Gasteiger partial charge >= 0.3 is 0 Å². The van der Waals surface area contributed by atoms with Gasteiger partial charge in [0, 0.05) is 20.2 Å². The van der Waals surface area contributed by atoms with Crippen LogP contribution in [0.3, 0.4) is 0 Å². The summed E-state index contributed by atoms with van der Waals surface area (Å²) in [4.78, 5) is 17.1. The summed E-state index contributed by atoms with van der Waals surface area (Å²) in [5, 5.41) is 12.5. The minimum Gasteiger partial charge on any atom is -0.472 e. The van der Waals surface area contributed by atoms with E-state index >= 15 is 0 Å². The molecule has 0 saturated carbocycles. The highest BCUT2D eigenvalue weighted by Gasteiger charge is 2.50. The Hall–Kier alpha value is -2.26. The average Bonchev–Trinajstić information content (AvgIpc) is 3.45. The molecule has 0 aliphatic carbocycles. The van der Waals surface area contributed by atoms with Crippen molar-refractivity contribution in [3.8, 4) is 0 Å². The van der Waals surface area contributed by atoms with Gasteiger partial charge in [-0.25, -0.2) is 4.68 Å². The van der Waals surface area contributed by atoms with Crippen LogP contribution in [0.2, 0.25) is 0 Å². The lowest BCUT2D eigenvalue weighted by molar-refractivity contribution is 0.0697. The molecule has 2 aromatic rings. The van der Waals surface area contributed by atoms with Crippen molar-refractivity contribution in [2.24, 2.45) is 0 Å². The Morgan fingerprint density at radius 2 is 2.19 bits per heavy atom. The normalized spacial score (nSPS) is 23.8. The third-order valence-electron chi connectivity index (χ3n) is 5.47. The van der Waals surface area contributed by atoms with Crippen LogP contribution < -0.4 is 0 Å². The predicted octanol–water partition coefficient (Wildman–Crippen LogP) is 0.750. The Balaban J connectivity index is 1.64. The quantitative estimate of drug-likeness (QED) is 0.751. The van der Waals surface area contributed by atoms with Crippen LogP contribution in [0.5, 0.6) is 0 Å². The number of hydrogen-bond donors (Lipinski definition) is 0. The van der Waals surface area contributed by atoms with E-state index in [4.69, 9.17) is 9.15 Å². The topological polar surface area (TPSA) is 89.5 Å². The van der Waals surface area contributed by atoms with E-state index in [1.54, 1.807) is 13.2 Å². The minimum atomic E-state index is -0.340. The molecule has 26 heavy (non-hydrogen) atoms. The second-order valence-electron chi connectivity index (χ2n) is 6.93. The number of ether oxygens (including phenoxy) is 1. The molecule has 0 spiro atoms. The SMILES string of the molecule is COCCn1nnnc1C1(N2CCCC2)CCN(C(=O)c2ccoc2)C1. The second kappa shape index (κ2) is 7.16. The monoisotopic (exact) mass is 360 g/mol. The molecule has 9 nitrogen and oxygen atoms in total. The van der Waals surface area contributed by atoms with Gasteiger partial charge in [-0.05, 0) is 48.8 Å². The van der Waals surface area contributed by atoms with E-state index in [0.717, 1.165) is 38.2 Å². The van der Waals surface area contributed by atoms with Crippen LogP contribution in [0.15, 0.2) is 23.0 Å². The number of carbonyl (C=O) groups excluding carboxylic acids is 1. The van der Waals surface area contributed by atoms with E-state index in [2.05, 4.69) is 20.4 Å². The van der Waals surface area contributed by atoms with Gasteiger partial charge in [0.25, 0.3) is 5.91 Å². The zero-order valence-electron chi connectivity index (χ0n) is 15.0. The summed E-state index contributed by atoms with van der Waals surface area (Å²) in [6, 6.07) is 1.71. The number of aromatic nitrogens is 4. The summed E-state index contributed by atoms with van der Waals surface area (Å²) >= 11 is 0. The maximum atomic E-state index is 12.8. The molecular formula is C17H24N6O3. The first-order chi connectivity index (χ1) is 12.7. The highest BCUT2D eigenvalue weighted by Crippen LogP contribution is 2.39. The first kappa shape index (κ1) is 17.2. The molecule has 1 atom stereocenters. The van der Waals surface area contributed by atoms with Crippen LogP contribution in [0, 0.1) is 0 Å². The number of nitrogens with zero attached hydrogens (tertiary/aromatic N) is 6. The Kier molecular flexibility index (Phi) is 4.73. The summed E-state index contributed by atoms with van der Waals surface area (Å²) in [6.45, 7) is 4.42. The van der Waals surface area contributed by atoms with Gasteiger partial charge in [0.15, 0.2) is 5.82 Å². The first-order valence-electron chi connectivity index (χ1n) is 9.07. The van der Waals surface area contributed by atoms with Crippen LogP contribution in [-0.2, 0) is 16.8 Å². The smallest absolute Gasteiger partial charge is 0.257 e. The molecule has 2 aliphatic rings. The molecule has 2 saturated heterocycles. The number of tetrazole rings is 1. The van der Waals surface area contributed by atoms with Crippen molar-refractivity contribution in [2.45, 2.75) is 31.3 Å². The van der Waals surface area contributed by atoms with Gasteiger partial charge < -0.3 is 14.1 Å². The summed E-state index contributed by atoms with van der Waals surface area (Å²) in [5.74, 6) is 0.828. The third-order valence-corrected chi connectivity index (χ3v) is 5.47. The largest absolute Gasteiger partial charge is 0.472 e. The highest BCUT2D eigenvalue weighted by molar-refractivity contribution is 5.94. The molecule has 0 N–H and O–H groups in total. The molecule has 0 radical (unpaired) electrons. The van der Waals surface area contributed by atoms with E-state index in [1.165, 1.54) is 12.5 Å². The number of amides is 1. The van der Waals surface area contributed by atoms with Gasteiger partial charge in [-0.2, -0.15) is 0 Å². The molecule has 1 unspecified atom stereocenters. The molecule has 0 bridgehead atoms. The van der Waals surface area contributed by atoms with Crippen molar-refractivity contribution in [1.82, 2.24) is 30.0 Å². The van der Waals surface area contributed by atoms with Crippen LogP contribution in [-0.4, -0.2) is 75.8 Å². The van der Waals surface area contributed by atoms with Crippen molar-refractivity contribution >= 4 is 5.91 Å². The van der Waals surface area contributed by atoms with Crippen molar-refractivity contribution in [1.29, 1.82) is 0 Å². The summed E-state index contributed by atoms with van der Waals surface area (Å²) in [5.41, 5.74) is 0.244. The number of methoxy groups -OCH3 is 1. The maximum Gasteiger partial charge on any atom is 0.257 e. The van der Waals surface area contributed by atoms with Gasteiger partial charge in [-0.15, -0.1) is 5.10 Å². The second-order valence-corrected chi connectivity index (χ2v) is 6.93. The number of rotatable bonds is 6. The fraction of sp³-hybridized carbons (Fsp3) is 0.647. The zero-order chi connectivity index (χ0) is 18.0. The van der Waals surface area contributed by atoms with E-state index in [9.17, 15) is 4.79 Å². The Morgan fingerprint density at radius 3 is 2.92 bits per heavy atom. The fourth-order valence-electron chi connectivity index (χ4n) is 4.13. The number of hydrogen-bond acceptors (Lipinski definition) is 7. The molecule has 4 heterocycles. The van der Waals surface area contributed by atoms with E-state index in [0.29, 0.717) is 31.8 Å². The van der Waals surface area contributed by atoms with Crippen LogP contribution >= 0.6 is 0 Å². The molecule has 2 aromatic heterocycles. The standard InChI is InChI=1S/C17H24N6O3/c1-25-11-9-23-16(18-19-20-23)17(22-6-2-3-7-22)5-8-21(13-17)15(24)14-4-10-26-12-14/h4,10,12H,2-3,5-9,11,13H2,1H3. The molecule has 2 aliphatic heterocycles. The lowest BCUT2D eigenvalue weighted by atomic mass is 9.95. The average molecular weight is 360 g/mol. The van der Waals surface area contributed by atoms with Crippen molar-refractivity contribution < 1.29 is 13.9 Å². The summed E-state index contributed by atoms with van der Waals surface area (Å²) < 4.78 is 12.1. The third kappa shape index (κ3) is 2.90. The molecule has 1 amide bonds.